The molecule has 3 aliphatic heterocycles. The topological polar surface area (TPSA) is 106 Å². The lowest BCUT2D eigenvalue weighted by Gasteiger charge is -2.23. The molecule has 0 aromatic heterocycles. The summed E-state index contributed by atoms with van der Waals surface area (Å²) >= 11 is 0. The second kappa shape index (κ2) is 9.58. The summed E-state index contributed by atoms with van der Waals surface area (Å²) in [5.41, 5.74) is 9.19. The number of nitrogens with zero attached hydrogens (tertiary/aromatic N) is 1. The van der Waals surface area contributed by atoms with Crippen LogP contribution in [-0.2, 0) is 9.59 Å². The third-order valence-corrected chi connectivity index (χ3v) is 6.20. The van der Waals surface area contributed by atoms with Gasteiger partial charge >= 0.3 is 0 Å². The van der Waals surface area contributed by atoms with Crippen molar-refractivity contribution in [2.24, 2.45) is 5.73 Å². The molecule has 1 unspecified atom stereocenters. The number of rotatable bonds is 3. The molecule has 8 nitrogen and oxygen atoms in total. The van der Waals surface area contributed by atoms with E-state index in [-0.39, 0.29) is 30.9 Å². The number of carbonyl (C=O) groups is 2. The highest BCUT2D eigenvalue weighted by Crippen LogP contribution is 2.36. The number of hydrogen-bond donors (Lipinski definition) is 3. The summed E-state index contributed by atoms with van der Waals surface area (Å²) in [7, 11) is 2.19. The Labute approximate surface area is 188 Å². The normalized spacial score (nSPS) is 19.6. The maximum atomic E-state index is 11.5. The molecule has 2 aromatic carbocycles. The first kappa shape index (κ1) is 22.1. The second-order valence-corrected chi connectivity index (χ2v) is 8.45. The number of carbonyl (C=O) groups excluding carboxylic acids is 2. The molecular weight excluding hydrogens is 408 g/mol. The van der Waals surface area contributed by atoms with E-state index in [1.54, 1.807) is 0 Å². The van der Waals surface area contributed by atoms with E-state index in [1.807, 2.05) is 36.4 Å². The first-order chi connectivity index (χ1) is 15.4. The van der Waals surface area contributed by atoms with Gasteiger partial charge in [-0.3, -0.25) is 9.59 Å². The Kier molecular flexibility index (Phi) is 6.62. The number of benzene rings is 2. The van der Waals surface area contributed by atoms with Gasteiger partial charge in [0.2, 0.25) is 0 Å². The smallest absolute Gasteiger partial charge is 0.262 e. The minimum absolute atomic E-state index is 0.0250. The van der Waals surface area contributed by atoms with E-state index in [1.165, 1.54) is 19.4 Å². The standard InChI is InChI=1S/C18H17N3O4.C6H13N/c19-7-12(10-1-3-15-13(5-10)20-17(22)8-24-15)11-2-4-16-14(6-11)21-18(23)9-25-16;1-6-4-3-5-7(6)2/h1-6,12H,7-9,19H2,(H,20,22)(H,21,23);6H,3-5H2,1-2H3. The lowest BCUT2D eigenvalue weighted by Crippen LogP contribution is -2.26. The van der Waals surface area contributed by atoms with Gasteiger partial charge in [-0.25, -0.2) is 0 Å². The zero-order chi connectivity index (χ0) is 22.7. The molecule has 1 saturated heterocycles. The molecule has 8 heteroatoms. The van der Waals surface area contributed by atoms with Crippen LogP contribution in [0.1, 0.15) is 36.8 Å². The van der Waals surface area contributed by atoms with Gasteiger partial charge in [0, 0.05) is 18.5 Å². The van der Waals surface area contributed by atoms with Gasteiger partial charge in [-0.15, -0.1) is 0 Å². The van der Waals surface area contributed by atoms with Gasteiger partial charge in [-0.1, -0.05) is 12.1 Å². The molecule has 2 amide bonds. The molecule has 0 spiro atoms. The van der Waals surface area contributed by atoms with Crippen molar-refractivity contribution in [3.63, 3.8) is 0 Å². The van der Waals surface area contributed by atoms with Crippen molar-refractivity contribution in [3.8, 4) is 11.5 Å². The molecule has 4 N–H and O–H groups in total. The van der Waals surface area contributed by atoms with Gasteiger partial charge in [0.25, 0.3) is 11.8 Å². The number of fused-ring (bicyclic) bond motifs is 2. The average Bonchev–Trinajstić information content (AvgIpc) is 3.16. The number of ether oxygens (including phenoxy) is 2. The molecule has 0 saturated carbocycles. The highest BCUT2D eigenvalue weighted by atomic mass is 16.5. The van der Waals surface area contributed by atoms with Gasteiger partial charge < -0.3 is 30.7 Å². The fourth-order valence-corrected chi connectivity index (χ4v) is 4.18. The Morgan fingerprint density at radius 1 is 1.00 bits per heavy atom. The molecule has 1 atom stereocenters. The van der Waals surface area contributed by atoms with Crippen LogP contribution in [0.25, 0.3) is 0 Å². The minimum Gasteiger partial charge on any atom is -0.482 e. The maximum Gasteiger partial charge on any atom is 0.262 e. The van der Waals surface area contributed by atoms with Crippen molar-refractivity contribution in [2.45, 2.75) is 31.7 Å². The Morgan fingerprint density at radius 2 is 1.53 bits per heavy atom. The Bertz CT molecular complexity index is 932. The van der Waals surface area contributed by atoms with E-state index in [4.69, 9.17) is 15.2 Å². The van der Waals surface area contributed by atoms with E-state index < -0.39 is 0 Å². The second-order valence-electron chi connectivity index (χ2n) is 8.45. The van der Waals surface area contributed by atoms with E-state index >= 15 is 0 Å². The van der Waals surface area contributed by atoms with E-state index in [9.17, 15) is 9.59 Å². The summed E-state index contributed by atoms with van der Waals surface area (Å²) < 4.78 is 10.8. The van der Waals surface area contributed by atoms with Crippen LogP contribution in [0, 0.1) is 0 Å². The predicted octanol–water partition coefficient (Wildman–Crippen LogP) is 2.54. The molecule has 2 aromatic rings. The summed E-state index contributed by atoms with van der Waals surface area (Å²) in [4.78, 5) is 25.4. The van der Waals surface area contributed by atoms with Crippen LogP contribution in [-0.4, -0.2) is 56.1 Å². The summed E-state index contributed by atoms with van der Waals surface area (Å²) in [5.74, 6) is 0.842. The average molecular weight is 439 g/mol. The molecular formula is C24H30N4O4. The fourth-order valence-electron chi connectivity index (χ4n) is 4.18. The van der Waals surface area contributed by atoms with Crippen LogP contribution < -0.4 is 25.8 Å². The summed E-state index contributed by atoms with van der Waals surface area (Å²) in [6.07, 6.45) is 2.80. The van der Waals surface area contributed by atoms with Crippen molar-refractivity contribution in [3.05, 3.63) is 47.5 Å². The lowest BCUT2D eigenvalue weighted by molar-refractivity contribution is -0.119. The third-order valence-electron chi connectivity index (χ3n) is 6.20. The summed E-state index contributed by atoms with van der Waals surface area (Å²) in [6.45, 7) is 4.02. The van der Waals surface area contributed by atoms with E-state index in [0.717, 1.165) is 17.2 Å². The predicted molar refractivity (Wildman–Crippen MR) is 123 cm³/mol. The van der Waals surface area contributed by atoms with Crippen LogP contribution >= 0.6 is 0 Å². The largest absolute Gasteiger partial charge is 0.482 e. The SMILES string of the molecule is CC1CCCN1C.NCC(c1ccc2c(c1)NC(=O)CO2)c1ccc2c(c1)NC(=O)CO2. The number of likely N-dealkylation sites (tertiary alicyclic amines) is 1. The minimum atomic E-state index is -0.178. The molecule has 170 valence electrons. The van der Waals surface area contributed by atoms with Crippen LogP contribution in [0.15, 0.2) is 36.4 Å². The van der Waals surface area contributed by atoms with Gasteiger partial charge in [0.15, 0.2) is 13.2 Å². The zero-order valence-corrected chi connectivity index (χ0v) is 18.5. The number of nitrogens with one attached hydrogen (secondary N) is 2. The summed E-state index contributed by atoms with van der Waals surface area (Å²) in [6, 6.07) is 12.1. The number of nitrogens with two attached hydrogens (primary N) is 1. The van der Waals surface area contributed by atoms with Crippen molar-refractivity contribution in [1.29, 1.82) is 0 Å². The Hall–Kier alpha value is -3.10. The van der Waals surface area contributed by atoms with Crippen molar-refractivity contribution in [2.75, 3.05) is 44.0 Å². The Morgan fingerprint density at radius 3 is 1.91 bits per heavy atom. The quantitative estimate of drug-likeness (QED) is 0.680. The third kappa shape index (κ3) is 4.87. The molecule has 0 bridgehead atoms. The van der Waals surface area contributed by atoms with E-state index in [2.05, 4.69) is 29.5 Å². The van der Waals surface area contributed by atoms with Gasteiger partial charge in [0.1, 0.15) is 11.5 Å². The number of amides is 2. The van der Waals surface area contributed by atoms with Gasteiger partial charge in [-0.2, -0.15) is 0 Å². The number of anilines is 2. The first-order valence-corrected chi connectivity index (χ1v) is 11.0. The molecule has 32 heavy (non-hydrogen) atoms. The van der Waals surface area contributed by atoms with Crippen molar-refractivity contribution < 1.29 is 19.1 Å². The van der Waals surface area contributed by atoms with Crippen LogP contribution in [0.3, 0.4) is 0 Å². The lowest BCUT2D eigenvalue weighted by atomic mass is 9.90. The molecule has 0 aliphatic carbocycles. The zero-order valence-electron chi connectivity index (χ0n) is 18.5. The Balaban J connectivity index is 0.000000300. The van der Waals surface area contributed by atoms with Gasteiger partial charge in [0.05, 0.1) is 11.4 Å². The fraction of sp³-hybridized carbons (Fsp3) is 0.417. The molecule has 0 radical (unpaired) electrons. The molecule has 5 rings (SSSR count). The monoisotopic (exact) mass is 438 g/mol. The molecule has 3 aliphatic rings. The highest BCUT2D eigenvalue weighted by molar-refractivity contribution is 5.96. The first-order valence-electron chi connectivity index (χ1n) is 11.0. The van der Waals surface area contributed by atoms with Crippen molar-refractivity contribution in [1.82, 2.24) is 4.90 Å². The van der Waals surface area contributed by atoms with Crippen LogP contribution in [0.4, 0.5) is 11.4 Å². The van der Waals surface area contributed by atoms with Crippen molar-refractivity contribution >= 4 is 23.2 Å². The van der Waals surface area contributed by atoms with Crippen LogP contribution in [0.2, 0.25) is 0 Å². The highest BCUT2D eigenvalue weighted by Gasteiger charge is 2.22. The molecule has 3 heterocycles. The van der Waals surface area contributed by atoms with Crippen LogP contribution in [0.5, 0.6) is 11.5 Å². The molecule has 1 fully saturated rings. The number of hydrogen-bond acceptors (Lipinski definition) is 6. The van der Waals surface area contributed by atoms with Gasteiger partial charge in [-0.05, 0) is 68.8 Å². The summed E-state index contributed by atoms with van der Waals surface area (Å²) in [5, 5.41) is 5.61. The maximum absolute atomic E-state index is 11.5. The van der Waals surface area contributed by atoms with E-state index in [0.29, 0.717) is 29.4 Å².